The van der Waals surface area contributed by atoms with Gasteiger partial charge in [0.05, 0.1) is 23.7 Å². The molecule has 1 fully saturated rings. The van der Waals surface area contributed by atoms with Crippen LogP contribution in [0.15, 0.2) is 18.2 Å². The summed E-state index contributed by atoms with van der Waals surface area (Å²) in [5.41, 5.74) is -0.991. The normalized spacial score (nSPS) is 16.2. The highest BCUT2D eigenvalue weighted by atomic mass is 35.5. The van der Waals surface area contributed by atoms with Gasteiger partial charge in [0.15, 0.2) is 0 Å². The molecule has 184 valence electrons. The summed E-state index contributed by atoms with van der Waals surface area (Å²) in [7, 11) is 0. The number of amides is 3. The minimum atomic E-state index is -4.61. The summed E-state index contributed by atoms with van der Waals surface area (Å²) < 4.78 is 38.9. The number of hydrogen-bond acceptors (Lipinski definition) is 5. The van der Waals surface area contributed by atoms with E-state index >= 15 is 0 Å². The van der Waals surface area contributed by atoms with E-state index < -0.39 is 28.7 Å². The zero-order chi connectivity index (χ0) is 24.6. The van der Waals surface area contributed by atoms with Gasteiger partial charge < -0.3 is 16.0 Å². The fourth-order valence-electron chi connectivity index (χ4n) is 3.29. The second-order valence-electron chi connectivity index (χ2n) is 7.87. The number of anilines is 1. The molecule has 0 spiro atoms. The maximum absolute atomic E-state index is 13.0. The third-order valence-corrected chi connectivity index (χ3v) is 5.40. The van der Waals surface area contributed by atoms with Crippen LogP contribution in [0.3, 0.4) is 0 Å². The number of alkyl halides is 3. The summed E-state index contributed by atoms with van der Waals surface area (Å²) in [4.78, 5) is 40.1. The van der Waals surface area contributed by atoms with E-state index in [9.17, 15) is 27.6 Å². The van der Waals surface area contributed by atoms with Crippen molar-refractivity contribution in [3.8, 4) is 0 Å². The van der Waals surface area contributed by atoms with Crippen molar-refractivity contribution in [3.63, 3.8) is 0 Å². The predicted octanol–water partition coefficient (Wildman–Crippen LogP) is 1.95. The Morgan fingerprint density at radius 3 is 2.18 bits per heavy atom. The summed E-state index contributed by atoms with van der Waals surface area (Å²) in [6.07, 6.45) is -3.81. The molecule has 0 radical (unpaired) electrons. The number of carbonyl (C=O) groups is 3. The zero-order valence-electron chi connectivity index (χ0n) is 18.6. The highest BCUT2D eigenvalue weighted by Gasteiger charge is 2.33. The molecule has 8 nitrogen and oxygen atoms in total. The van der Waals surface area contributed by atoms with Gasteiger partial charge in [-0.15, -0.1) is 0 Å². The van der Waals surface area contributed by atoms with E-state index in [1.807, 2.05) is 16.7 Å². The van der Waals surface area contributed by atoms with Crippen LogP contribution < -0.4 is 16.0 Å². The third kappa shape index (κ3) is 8.82. The van der Waals surface area contributed by atoms with E-state index in [1.54, 1.807) is 6.92 Å². The maximum Gasteiger partial charge on any atom is 0.417 e. The van der Waals surface area contributed by atoms with E-state index in [0.717, 1.165) is 18.6 Å². The molecule has 2 rings (SSSR count). The van der Waals surface area contributed by atoms with Gasteiger partial charge in [-0.3, -0.25) is 24.2 Å². The molecule has 0 saturated carbocycles. The van der Waals surface area contributed by atoms with Crippen molar-refractivity contribution in [2.24, 2.45) is 0 Å². The van der Waals surface area contributed by atoms with Gasteiger partial charge >= 0.3 is 6.18 Å². The van der Waals surface area contributed by atoms with Crippen LogP contribution in [0.4, 0.5) is 18.9 Å². The monoisotopic (exact) mass is 491 g/mol. The number of carbonyl (C=O) groups excluding carboxylic acids is 3. The lowest BCUT2D eigenvalue weighted by Crippen LogP contribution is -2.53. The highest BCUT2D eigenvalue weighted by Crippen LogP contribution is 2.36. The quantitative estimate of drug-likeness (QED) is 0.491. The fourth-order valence-corrected chi connectivity index (χ4v) is 3.51. The first-order valence-corrected chi connectivity index (χ1v) is 11.1. The summed E-state index contributed by atoms with van der Waals surface area (Å²) >= 11 is 5.59. The molecule has 33 heavy (non-hydrogen) atoms. The van der Waals surface area contributed by atoms with Crippen LogP contribution in [0.25, 0.3) is 0 Å². The minimum Gasteiger partial charge on any atom is -0.354 e. The first-order chi connectivity index (χ1) is 15.5. The Hall–Kier alpha value is -2.37. The molecule has 1 aromatic carbocycles. The molecule has 0 aliphatic carbocycles. The van der Waals surface area contributed by atoms with E-state index in [1.165, 1.54) is 6.07 Å². The van der Waals surface area contributed by atoms with Crippen molar-refractivity contribution in [2.45, 2.75) is 32.5 Å². The second kappa shape index (κ2) is 12.2. The van der Waals surface area contributed by atoms with Crippen LogP contribution in [0.5, 0.6) is 0 Å². The van der Waals surface area contributed by atoms with Gasteiger partial charge in [-0.1, -0.05) is 18.5 Å². The van der Waals surface area contributed by atoms with E-state index in [4.69, 9.17) is 11.6 Å². The molecule has 1 atom stereocenters. The Morgan fingerprint density at radius 1 is 1.06 bits per heavy atom. The van der Waals surface area contributed by atoms with E-state index in [0.29, 0.717) is 32.7 Å². The highest BCUT2D eigenvalue weighted by molar-refractivity contribution is 6.31. The Labute approximate surface area is 195 Å². The second-order valence-corrected chi connectivity index (χ2v) is 8.28. The number of nitrogens with one attached hydrogen (secondary N) is 3. The van der Waals surface area contributed by atoms with Gasteiger partial charge in [0.2, 0.25) is 17.7 Å². The average molecular weight is 492 g/mol. The maximum atomic E-state index is 13.0. The Kier molecular flexibility index (Phi) is 9.93. The van der Waals surface area contributed by atoms with Crippen molar-refractivity contribution in [2.75, 3.05) is 51.1 Å². The summed E-state index contributed by atoms with van der Waals surface area (Å²) in [6, 6.07) is 2.59. The lowest BCUT2D eigenvalue weighted by molar-refractivity contribution is -0.137. The van der Waals surface area contributed by atoms with Crippen LogP contribution in [0.1, 0.15) is 25.8 Å². The van der Waals surface area contributed by atoms with Crippen LogP contribution in [0, 0.1) is 0 Å². The van der Waals surface area contributed by atoms with Gasteiger partial charge in [0, 0.05) is 38.4 Å². The van der Waals surface area contributed by atoms with Crippen molar-refractivity contribution in [3.05, 3.63) is 28.8 Å². The lowest BCUT2D eigenvalue weighted by Gasteiger charge is -2.34. The lowest BCUT2D eigenvalue weighted by atomic mass is 10.2. The molecule has 0 unspecified atom stereocenters. The van der Waals surface area contributed by atoms with Crippen molar-refractivity contribution >= 4 is 35.0 Å². The van der Waals surface area contributed by atoms with Crippen molar-refractivity contribution < 1.29 is 27.6 Å². The predicted molar refractivity (Wildman–Crippen MR) is 119 cm³/mol. The molecular weight excluding hydrogens is 463 g/mol. The molecular formula is C21H29ClF3N5O3. The molecule has 3 amide bonds. The number of halogens is 4. The smallest absolute Gasteiger partial charge is 0.354 e. The Balaban J connectivity index is 1.75. The Bertz CT molecular complexity index is 845. The number of piperazine rings is 1. The first-order valence-electron chi connectivity index (χ1n) is 10.7. The minimum absolute atomic E-state index is 0.0125. The van der Waals surface area contributed by atoms with Crippen LogP contribution >= 0.6 is 11.6 Å². The SMILES string of the molecule is CCCNC(=O)[C@H](C)NC(=O)CN1CCN(CC(=O)Nc2ccc(Cl)c(C(F)(F)F)c2)CC1. The summed E-state index contributed by atoms with van der Waals surface area (Å²) in [5.74, 6) is -0.934. The molecule has 1 aliphatic rings. The molecule has 0 aromatic heterocycles. The molecule has 12 heteroatoms. The number of benzene rings is 1. The van der Waals surface area contributed by atoms with Gasteiger partial charge in [0.1, 0.15) is 6.04 Å². The standard InChI is InChI=1S/C21H29ClF3N5O3/c1-3-6-26-20(33)14(2)27-18(31)12-29-7-9-30(10-8-29)13-19(32)28-15-4-5-17(22)16(11-15)21(23,24)25/h4-5,11,14H,3,6-10,12-13H2,1-2H3,(H,26,33)(H,27,31)(H,28,32)/t14-/m0/s1. The van der Waals surface area contributed by atoms with Gasteiger partial charge in [-0.05, 0) is 31.5 Å². The number of nitrogens with zero attached hydrogens (tertiary/aromatic N) is 2. The first kappa shape index (κ1) is 26.9. The van der Waals surface area contributed by atoms with Gasteiger partial charge in [0.25, 0.3) is 0 Å². The molecule has 3 N–H and O–H groups in total. The van der Waals surface area contributed by atoms with Crippen LogP contribution in [-0.4, -0.2) is 79.4 Å². The molecule has 1 heterocycles. The van der Waals surface area contributed by atoms with Crippen molar-refractivity contribution in [1.29, 1.82) is 0 Å². The van der Waals surface area contributed by atoms with Crippen LogP contribution in [0.2, 0.25) is 5.02 Å². The van der Waals surface area contributed by atoms with Crippen molar-refractivity contribution in [1.82, 2.24) is 20.4 Å². The van der Waals surface area contributed by atoms with Gasteiger partial charge in [-0.25, -0.2) is 0 Å². The largest absolute Gasteiger partial charge is 0.417 e. The zero-order valence-corrected chi connectivity index (χ0v) is 19.4. The molecule has 1 saturated heterocycles. The topological polar surface area (TPSA) is 93.8 Å². The summed E-state index contributed by atoms with van der Waals surface area (Å²) in [5, 5.41) is 7.42. The third-order valence-electron chi connectivity index (χ3n) is 5.07. The number of rotatable bonds is 9. The molecule has 1 aliphatic heterocycles. The van der Waals surface area contributed by atoms with Gasteiger partial charge in [-0.2, -0.15) is 13.2 Å². The fraction of sp³-hybridized carbons (Fsp3) is 0.571. The molecule has 0 bridgehead atoms. The van der Waals surface area contributed by atoms with Crippen LogP contribution in [-0.2, 0) is 20.6 Å². The number of hydrogen-bond donors (Lipinski definition) is 3. The molecule has 1 aromatic rings. The Morgan fingerprint density at radius 2 is 1.64 bits per heavy atom. The summed E-state index contributed by atoms with van der Waals surface area (Å²) in [6.45, 7) is 6.37. The van der Waals surface area contributed by atoms with E-state index in [-0.39, 0.29) is 30.6 Å². The van der Waals surface area contributed by atoms with E-state index in [2.05, 4.69) is 16.0 Å². The average Bonchev–Trinajstić information content (AvgIpc) is 2.73.